The third-order valence-electron chi connectivity index (χ3n) is 7.14. The maximum Gasteiger partial charge on any atom is 0.257 e. The molecule has 4 fully saturated rings. The third kappa shape index (κ3) is 3.03. The van der Waals surface area contributed by atoms with Gasteiger partial charge in [-0.3, -0.25) is 9.69 Å². The highest BCUT2D eigenvalue weighted by atomic mass is 19.1. The van der Waals surface area contributed by atoms with E-state index in [1.165, 1.54) is 12.1 Å². The number of hydrogen-bond acceptors (Lipinski definition) is 3. The first kappa shape index (κ1) is 18.6. The van der Waals surface area contributed by atoms with Crippen LogP contribution in [-0.4, -0.2) is 54.5 Å². The zero-order valence-electron chi connectivity index (χ0n) is 17.0. The van der Waals surface area contributed by atoms with Crippen molar-refractivity contribution < 1.29 is 13.9 Å². The summed E-state index contributed by atoms with van der Waals surface area (Å²) in [5.41, 5.74) is 2.82. The molecule has 0 saturated carbocycles. The highest BCUT2D eigenvalue weighted by Crippen LogP contribution is 2.47. The fourth-order valence-corrected chi connectivity index (χ4v) is 5.80. The van der Waals surface area contributed by atoms with Crippen LogP contribution in [-0.2, 0) is 0 Å². The number of likely N-dealkylation sites (tertiary alicyclic amines) is 1. The van der Waals surface area contributed by atoms with E-state index in [-0.39, 0.29) is 23.7 Å². The van der Waals surface area contributed by atoms with Crippen LogP contribution in [0.4, 0.5) is 4.39 Å². The summed E-state index contributed by atoms with van der Waals surface area (Å²) in [5, 5.41) is 0. The van der Waals surface area contributed by atoms with Gasteiger partial charge in [0.25, 0.3) is 5.91 Å². The minimum Gasteiger partial charge on any atom is -0.496 e. The summed E-state index contributed by atoms with van der Waals surface area (Å²) >= 11 is 0. The van der Waals surface area contributed by atoms with Crippen molar-refractivity contribution in [3.05, 3.63) is 65.0 Å². The molecule has 4 heterocycles. The Labute approximate surface area is 171 Å². The number of halogens is 1. The summed E-state index contributed by atoms with van der Waals surface area (Å²) in [4.78, 5) is 18.4. The highest BCUT2D eigenvalue weighted by Gasteiger charge is 2.54. The van der Waals surface area contributed by atoms with Gasteiger partial charge in [0.05, 0.1) is 18.7 Å². The van der Waals surface area contributed by atoms with Crippen LogP contribution in [0.2, 0.25) is 0 Å². The molecule has 4 saturated heterocycles. The first-order chi connectivity index (χ1) is 14.1. The molecule has 5 heteroatoms. The van der Waals surface area contributed by atoms with E-state index in [0.29, 0.717) is 29.8 Å². The van der Waals surface area contributed by atoms with E-state index in [9.17, 15) is 9.18 Å². The van der Waals surface area contributed by atoms with Gasteiger partial charge in [-0.15, -0.1) is 0 Å². The van der Waals surface area contributed by atoms with Crippen molar-refractivity contribution in [2.75, 3.05) is 26.7 Å². The zero-order chi connectivity index (χ0) is 20.1. The third-order valence-corrected chi connectivity index (χ3v) is 7.14. The molecule has 0 radical (unpaired) electrons. The number of aryl methyl sites for hydroxylation is 1. The number of carbonyl (C=O) groups is 1. The van der Waals surface area contributed by atoms with Gasteiger partial charge in [-0.25, -0.2) is 4.39 Å². The molecule has 0 spiro atoms. The number of rotatable bonds is 3. The second kappa shape index (κ2) is 7.13. The Morgan fingerprint density at radius 3 is 2.48 bits per heavy atom. The molecule has 4 aliphatic rings. The normalized spacial score (nSPS) is 30.3. The summed E-state index contributed by atoms with van der Waals surface area (Å²) < 4.78 is 19.0. The van der Waals surface area contributed by atoms with E-state index in [1.807, 2.05) is 37.3 Å². The van der Waals surface area contributed by atoms with Crippen LogP contribution in [0.3, 0.4) is 0 Å². The summed E-state index contributed by atoms with van der Waals surface area (Å²) in [7, 11) is 1.61. The van der Waals surface area contributed by atoms with Crippen molar-refractivity contribution in [2.45, 2.75) is 37.8 Å². The SMILES string of the molecule is COc1ccc(C)cc1C(=O)N1C[C@@H](c2ccc(F)cc2)[C@@H]2[C@H]1C1CCN2CC1. The Kier molecular flexibility index (Phi) is 4.58. The number of ether oxygens (including phenoxy) is 1. The van der Waals surface area contributed by atoms with Crippen LogP contribution in [0.25, 0.3) is 0 Å². The average Bonchev–Trinajstić information content (AvgIpc) is 3.17. The molecule has 0 aromatic heterocycles. The van der Waals surface area contributed by atoms with Gasteiger partial charge in [0.2, 0.25) is 0 Å². The van der Waals surface area contributed by atoms with E-state index in [0.717, 1.165) is 37.1 Å². The van der Waals surface area contributed by atoms with Crippen molar-refractivity contribution in [1.82, 2.24) is 9.80 Å². The minimum absolute atomic E-state index is 0.0545. The fourth-order valence-electron chi connectivity index (χ4n) is 5.80. The minimum atomic E-state index is -0.216. The topological polar surface area (TPSA) is 32.8 Å². The van der Waals surface area contributed by atoms with Gasteiger partial charge in [-0.2, -0.15) is 0 Å². The number of amides is 1. The molecule has 0 N–H and O–H groups in total. The molecule has 0 unspecified atom stereocenters. The van der Waals surface area contributed by atoms with Crippen molar-refractivity contribution in [1.29, 1.82) is 0 Å². The van der Waals surface area contributed by atoms with Gasteiger partial charge in [-0.1, -0.05) is 23.8 Å². The number of piperidine rings is 3. The summed E-state index contributed by atoms with van der Waals surface area (Å²) in [6, 6.07) is 13.2. The second-order valence-electron chi connectivity index (χ2n) is 8.67. The molecule has 4 aliphatic heterocycles. The van der Waals surface area contributed by atoms with Crippen LogP contribution < -0.4 is 4.74 Å². The average molecular weight is 394 g/mol. The molecule has 152 valence electrons. The first-order valence-electron chi connectivity index (χ1n) is 10.5. The number of nitrogens with zero attached hydrogens (tertiary/aromatic N) is 2. The van der Waals surface area contributed by atoms with Crippen LogP contribution >= 0.6 is 0 Å². The molecule has 2 aromatic rings. The molecule has 3 atom stereocenters. The van der Waals surface area contributed by atoms with Crippen LogP contribution in [0, 0.1) is 18.7 Å². The molecule has 29 heavy (non-hydrogen) atoms. The molecule has 1 amide bonds. The maximum atomic E-state index is 13.7. The Balaban J connectivity index is 1.54. The van der Waals surface area contributed by atoms with Crippen molar-refractivity contribution in [3.8, 4) is 5.75 Å². The molecule has 6 rings (SSSR count). The lowest BCUT2D eigenvalue weighted by molar-refractivity contribution is -0.00349. The van der Waals surface area contributed by atoms with Crippen LogP contribution in [0.1, 0.15) is 40.2 Å². The van der Waals surface area contributed by atoms with Gasteiger partial charge in [0.1, 0.15) is 11.6 Å². The fraction of sp³-hybridized carbons (Fsp3) is 0.458. The number of carbonyl (C=O) groups excluding carboxylic acids is 1. The van der Waals surface area contributed by atoms with Crippen molar-refractivity contribution >= 4 is 5.91 Å². The Morgan fingerprint density at radius 2 is 1.79 bits per heavy atom. The van der Waals surface area contributed by atoms with E-state index in [1.54, 1.807) is 7.11 Å². The zero-order valence-corrected chi connectivity index (χ0v) is 17.0. The molecule has 2 bridgehead atoms. The molecular weight excluding hydrogens is 367 g/mol. The lowest BCUT2D eigenvalue weighted by Gasteiger charge is -2.51. The smallest absolute Gasteiger partial charge is 0.257 e. The van der Waals surface area contributed by atoms with Gasteiger partial charge in [0, 0.05) is 18.5 Å². The van der Waals surface area contributed by atoms with E-state index < -0.39 is 0 Å². The Bertz CT molecular complexity index is 921. The molecule has 4 nitrogen and oxygen atoms in total. The van der Waals surface area contributed by atoms with Gasteiger partial charge in [-0.05, 0) is 68.6 Å². The monoisotopic (exact) mass is 394 g/mol. The predicted molar refractivity (Wildman–Crippen MR) is 110 cm³/mol. The maximum absolute atomic E-state index is 13.7. The summed E-state index contributed by atoms with van der Waals surface area (Å²) in [6.45, 7) is 4.86. The molecular formula is C24H27FN2O2. The van der Waals surface area contributed by atoms with Crippen LogP contribution in [0.15, 0.2) is 42.5 Å². The second-order valence-corrected chi connectivity index (χ2v) is 8.67. The van der Waals surface area contributed by atoms with Crippen molar-refractivity contribution in [3.63, 3.8) is 0 Å². The van der Waals surface area contributed by atoms with E-state index in [2.05, 4.69) is 9.80 Å². The molecule has 2 aromatic carbocycles. The highest BCUT2D eigenvalue weighted by molar-refractivity contribution is 5.97. The van der Waals surface area contributed by atoms with Crippen LogP contribution in [0.5, 0.6) is 5.75 Å². The lowest BCUT2D eigenvalue weighted by atomic mass is 9.75. The number of hydrogen-bond donors (Lipinski definition) is 0. The standard InChI is InChI=1S/C24H27FN2O2/c1-15-3-8-21(29-2)19(13-15)24(28)27-14-20(16-4-6-18(25)7-5-16)23-22(27)17-9-11-26(23)12-10-17/h3-8,13,17,20,22-23H,9-12,14H2,1-2H3/t20-,22+,23+/m0/s1. The Hall–Kier alpha value is -2.40. The summed E-state index contributed by atoms with van der Waals surface area (Å²) in [5.74, 6) is 1.22. The quantitative estimate of drug-likeness (QED) is 0.793. The Morgan fingerprint density at radius 1 is 1.07 bits per heavy atom. The number of methoxy groups -OCH3 is 1. The number of fused-ring (bicyclic) bond motifs is 2. The summed E-state index contributed by atoms with van der Waals surface area (Å²) in [6.07, 6.45) is 2.29. The van der Waals surface area contributed by atoms with E-state index in [4.69, 9.17) is 4.74 Å². The molecule has 0 aliphatic carbocycles. The van der Waals surface area contributed by atoms with Crippen molar-refractivity contribution in [2.24, 2.45) is 5.92 Å². The van der Waals surface area contributed by atoms with Gasteiger partial charge < -0.3 is 9.64 Å². The van der Waals surface area contributed by atoms with E-state index >= 15 is 0 Å². The van der Waals surface area contributed by atoms with Gasteiger partial charge >= 0.3 is 0 Å². The largest absolute Gasteiger partial charge is 0.496 e. The first-order valence-corrected chi connectivity index (χ1v) is 10.5. The predicted octanol–water partition coefficient (Wildman–Crippen LogP) is 3.85. The van der Waals surface area contributed by atoms with Gasteiger partial charge in [0.15, 0.2) is 0 Å². The lowest BCUT2D eigenvalue weighted by Crippen LogP contribution is -2.60. The number of benzene rings is 2.